The van der Waals surface area contributed by atoms with Gasteiger partial charge in [-0.15, -0.1) is 0 Å². The Hall–Kier alpha value is -2.91. The van der Waals surface area contributed by atoms with Gasteiger partial charge in [0.15, 0.2) is 0 Å². The van der Waals surface area contributed by atoms with E-state index in [-0.39, 0.29) is 6.04 Å². The molecule has 1 atom stereocenters. The van der Waals surface area contributed by atoms with Gasteiger partial charge in [0.25, 0.3) is 0 Å². The average molecular weight is 363 g/mol. The molecule has 1 N–H and O–H groups in total. The number of halogens is 1. The normalized spacial score (nSPS) is 16.4. The summed E-state index contributed by atoms with van der Waals surface area (Å²) in [7, 11) is 0. The van der Waals surface area contributed by atoms with Crippen LogP contribution in [0.3, 0.4) is 0 Å². The van der Waals surface area contributed by atoms with Crippen molar-refractivity contribution in [1.82, 2.24) is 5.32 Å². The molecule has 1 aliphatic heterocycles. The van der Waals surface area contributed by atoms with Crippen LogP contribution < -0.4 is 15.0 Å². The third-order valence-electron chi connectivity index (χ3n) is 4.45. The van der Waals surface area contributed by atoms with Crippen LogP contribution in [-0.2, 0) is 0 Å². The fraction of sp³-hybridized carbons (Fsp3) is 0.0909. The lowest BCUT2D eigenvalue weighted by Gasteiger charge is -2.26. The van der Waals surface area contributed by atoms with Gasteiger partial charge >= 0.3 is 0 Å². The lowest BCUT2D eigenvalue weighted by atomic mass is 10.1. The maximum Gasteiger partial charge on any atom is 0.127 e. The number of hydrogen-bond donors (Lipinski definition) is 1. The monoisotopic (exact) mass is 362 g/mol. The van der Waals surface area contributed by atoms with Gasteiger partial charge in [-0.1, -0.05) is 48.5 Å². The fourth-order valence-corrected chi connectivity index (χ4v) is 3.30. The van der Waals surface area contributed by atoms with E-state index in [1.54, 1.807) is 0 Å². The largest absolute Gasteiger partial charge is 0.457 e. The Labute approximate surface area is 158 Å². The van der Waals surface area contributed by atoms with Crippen LogP contribution in [-0.4, -0.2) is 6.54 Å². The average Bonchev–Trinajstić information content (AvgIpc) is 3.06. The van der Waals surface area contributed by atoms with Crippen molar-refractivity contribution in [1.29, 1.82) is 0 Å². The van der Waals surface area contributed by atoms with Crippen molar-refractivity contribution >= 4 is 17.3 Å². The zero-order valence-electron chi connectivity index (χ0n) is 14.2. The van der Waals surface area contributed by atoms with Crippen molar-refractivity contribution in [2.75, 3.05) is 11.4 Å². The predicted molar refractivity (Wildman–Crippen MR) is 107 cm³/mol. The van der Waals surface area contributed by atoms with Gasteiger partial charge in [0, 0.05) is 17.3 Å². The summed E-state index contributed by atoms with van der Waals surface area (Å²) in [5.74, 6) is 2.45. The van der Waals surface area contributed by atoms with Crippen LogP contribution in [0.25, 0.3) is 0 Å². The number of nitrogens with one attached hydrogen (secondary N) is 1. The molecule has 1 heterocycles. The van der Waals surface area contributed by atoms with Crippen molar-refractivity contribution in [3.8, 4) is 11.5 Å². The standard InChI is InChI=1S/C22H19ClN2O/c1-16-24-15-22(17-5-3-2-4-6-17)25(16)19-9-13-21(14-10-19)26-20-11-7-18(23)8-12-20/h2-14,22,24H,1,15H2. The molecule has 1 aliphatic rings. The van der Waals surface area contributed by atoms with Crippen molar-refractivity contribution < 1.29 is 4.74 Å². The van der Waals surface area contributed by atoms with Gasteiger partial charge in [0.05, 0.1) is 11.9 Å². The van der Waals surface area contributed by atoms with Crippen LogP contribution in [0, 0.1) is 0 Å². The number of rotatable bonds is 4. The van der Waals surface area contributed by atoms with Gasteiger partial charge in [0.2, 0.25) is 0 Å². The molecule has 1 fully saturated rings. The summed E-state index contributed by atoms with van der Waals surface area (Å²) in [5.41, 5.74) is 2.34. The van der Waals surface area contributed by atoms with E-state index >= 15 is 0 Å². The van der Waals surface area contributed by atoms with Crippen LogP contribution in [0.15, 0.2) is 91.3 Å². The molecule has 0 aliphatic carbocycles. The third kappa shape index (κ3) is 3.39. The van der Waals surface area contributed by atoms with E-state index in [2.05, 4.69) is 53.2 Å². The number of benzene rings is 3. The topological polar surface area (TPSA) is 24.5 Å². The highest BCUT2D eigenvalue weighted by molar-refractivity contribution is 6.30. The van der Waals surface area contributed by atoms with Gasteiger partial charge in [-0.05, 0) is 54.1 Å². The molecule has 3 nitrogen and oxygen atoms in total. The zero-order valence-corrected chi connectivity index (χ0v) is 15.0. The zero-order chi connectivity index (χ0) is 17.9. The first-order valence-electron chi connectivity index (χ1n) is 8.51. The van der Waals surface area contributed by atoms with Gasteiger partial charge in [-0.3, -0.25) is 0 Å². The van der Waals surface area contributed by atoms with E-state index in [9.17, 15) is 0 Å². The molecule has 0 amide bonds. The fourth-order valence-electron chi connectivity index (χ4n) is 3.17. The lowest BCUT2D eigenvalue weighted by molar-refractivity contribution is 0.482. The first-order valence-corrected chi connectivity index (χ1v) is 8.89. The molecule has 0 radical (unpaired) electrons. The van der Waals surface area contributed by atoms with E-state index in [0.29, 0.717) is 5.02 Å². The molecule has 1 saturated heterocycles. The van der Waals surface area contributed by atoms with Crippen molar-refractivity contribution in [2.24, 2.45) is 0 Å². The highest BCUT2D eigenvalue weighted by Gasteiger charge is 2.28. The highest BCUT2D eigenvalue weighted by atomic mass is 35.5. The Morgan fingerprint density at radius 2 is 1.50 bits per heavy atom. The summed E-state index contributed by atoms with van der Waals surface area (Å²) in [6.07, 6.45) is 0. The maximum atomic E-state index is 5.91. The number of ether oxygens (including phenoxy) is 1. The molecule has 26 heavy (non-hydrogen) atoms. The first-order chi connectivity index (χ1) is 12.7. The molecule has 0 saturated carbocycles. The second kappa shape index (κ2) is 7.14. The predicted octanol–water partition coefficient (Wildman–Crippen LogP) is 5.75. The molecule has 3 aromatic rings. The van der Waals surface area contributed by atoms with Crippen LogP contribution in [0.5, 0.6) is 11.5 Å². The Bertz CT molecular complexity index is 892. The molecular formula is C22H19ClN2O. The minimum atomic E-state index is 0.228. The van der Waals surface area contributed by atoms with Crippen LogP contribution in [0.2, 0.25) is 5.02 Å². The summed E-state index contributed by atoms with van der Waals surface area (Å²) < 4.78 is 5.87. The van der Waals surface area contributed by atoms with E-state index in [0.717, 1.165) is 29.6 Å². The van der Waals surface area contributed by atoms with E-state index in [4.69, 9.17) is 16.3 Å². The van der Waals surface area contributed by atoms with Gasteiger partial charge in [-0.2, -0.15) is 0 Å². The van der Waals surface area contributed by atoms with Crippen LogP contribution >= 0.6 is 11.6 Å². The second-order valence-electron chi connectivity index (χ2n) is 6.17. The third-order valence-corrected chi connectivity index (χ3v) is 4.70. The maximum absolute atomic E-state index is 5.91. The minimum Gasteiger partial charge on any atom is -0.457 e. The van der Waals surface area contributed by atoms with Gasteiger partial charge in [-0.25, -0.2) is 0 Å². The van der Waals surface area contributed by atoms with Crippen LogP contribution in [0.4, 0.5) is 5.69 Å². The Morgan fingerprint density at radius 3 is 2.15 bits per heavy atom. The molecule has 3 aromatic carbocycles. The van der Waals surface area contributed by atoms with Crippen molar-refractivity contribution in [2.45, 2.75) is 6.04 Å². The van der Waals surface area contributed by atoms with Crippen LogP contribution in [0.1, 0.15) is 11.6 Å². The summed E-state index contributed by atoms with van der Waals surface area (Å²) in [5, 5.41) is 4.06. The lowest BCUT2D eigenvalue weighted by Crippen LogP contribution is -2.22. The van der Waals surface area contributed by atoms with Gasteiger partial charge < -0.3 is 15.0 Å². The molecular weight excluding hydrogens is 344 g/mol. The SMILES string of the molecule is C=C1NCC(c2ccccc2)N1c1ccc(Oc2ccc(Cl)cc2)cc1. The first kappa shape index (κ1) is 16.6. The van der Waals surface area contributed by atoms with E-state index in [1.807, 2.05) is 42.5 Å². The highest BCUT2D eigenvalue weighted by Crippen LogP contribution is 2.35. The molecule has 4 heteroatoms. The van der Waals surface area contributed by atoms with Crippen molar-refractivity contribution in [3.63, 3.8) is 0 Å². The quantitative estimate of drug-likeness (QED) is 0.639. The summed E-state index contributed by atoms with van der Waals surface area (Å²) in [6, 6.07) is 26.1. The molecule has 0 spiro atoms. The van der Waals surface area contributed by atoms with Gasteiger partial charge in [0.1, 0.15) is 11.5 Å². The minimum absolute atomic E-state index is 0.228. The molecule has 130 valence electrons. The van der Waals surface area contributed by atoms with E-state index in [1.165, 1.54) is 5.56 Å². The molecule has 0 bridgehead atoms. The molecule has 4 rings (SSSR count). The smallest absolute Gasteiger partial charge is 0.127 e. The summed E-state index contributed by atoms with van der Waals surface area (Å²) in [4.78, 5) is 2.22. The number of hydrogen-bond acceptors (Lipinski definition) is 3. The Balaban J connectivity index is 1.55. The summed E-state index contributed by atoms with van der Waals surface area (Å²) in [6.45, 7) is 5.00. The van der Waals surface area contributed by atoms with E-state index < -0.39 is 0 Å². The summed E-state index contributed by atoms with van der Waals surface area (Å²) >= 11 is 5.91. The molecule has 0 aromatic heterocycles. The Morgan fingerprint density at radius 1 is 0.885 bits per heavy atom. The second-order valence-corrected chi connectivity index (χ2v) is 6.61. The number of anilines is 1. The molecule has 1 unspecified atom stereocenters. The number of nitrogens with zero attached hydrogens (tertiary/aromatic N) is 1. The van der Waals surface area contributed by atoms with Crippen molar-refractivity contribution in [3.05, 3.63) is 102 Å². The Kier molecular flexibility index (Phi) is 4.55.